The molecule has 3 rings (SSSR count). The fraction of sp³-hybridized carbons (Fsp3) is 0.231. The van der Waals surface area contributed by atoms with E-state index in [1.807, 2.05) is 66.7 Å². The Morgan fingerprint density at radius 3 is 1.94 bits per heavy atom. The van der Waals surface area contributed by atoms with Crippen LogP contribution in [0, 0.1) is 0 Å². The van der Waals surface area contributed by atoms with Crippen LogP contribution >= 0.6 is 22.6 Å². The summed E-state index contributed by atoms with van der Waals surface area (Å²) in [5.74, 6) is 0. The summed E-state index contributed by atoms with van der Waals surface area (Å²) in [6.45, 7) is 0.489. The van der Waals surface area contributed by atoms with Gasteiger partial charge in [-0.3, -0.25) is 0 Å². The predicted molar refractivity (Wildman–Crippen MR) is 135 cm³/mol. The van der Waals surface area contributed by atoms with Crippen LogP contribution in [0.2, 0.25) is 0 Å². The second-order valence-electron chi connectivity index (χ2n) is 7.41. The Morgan fingerprint density at radius 1 is 0.906 bits per heavy atom. The van der Waals surface area contributed by atoms with Crippen molar-refractivity contribution in [3.63, 3.8) is 0 Å². The number of nitrogens with one attached hydrogen (secondary N) is 1. The summed E-state index contributed by atoms with van der Waals surface area (Å²) in [6.07, 6.45) is 0.982. The summed E-state index contributed by atoms with van der Waals surface area (Å²) in [5, 5.41) is 1.25. The molecule has 0 aliphatic heterocycles. The number of hydrogen-bond donors (Lipinski definition) is 1. The van der Waals surface area contributed by atoms with Gasteiger partial charge in [0.25, 0.3) is 0 Å². The molecule has 166 valence electrons. The van der Waals surface area contributed by atoms with Crippen LogP contribution in [0.1, 0.15) is 23.1 Å². The first-order valence-electron chi connectivity index (χ1n) is 10.5. The van der Waals surface area contributed by atoms with Gasteiger partial charge in [0.15, 0.2) is 0 Å². The second-order valence-corrected chi connectivity index (χ2v) is 8.48. The van der Waals surface area contributed by atoms with E-state index in [0.717, 1.165) is 27.5 Å². The number of aldehydes is 1. The molecule has 0 saturated heterocycles. The molecule has 3 aromatic carbocycles. The quantitative estimate of drug-likeness (QED) is 0.158. The number of alkyl halides is 1. The minimum Gasteiger partial charge on any atom is -0.444 e. The standard InChI is InChI=1S/C26H27IN2O3/c27-17-16-26(23-12-6-2-7-13-23,24-14-8-3-9-15-24)21-28-29(18-19-30)25(31)32-20-22-10-4-1-5-11-22/h1-15,19,28H,16-18,20-21H2. The molecule has 0 heterocycles. The molecule has 3 aromatic rings. The van der Waals surface area contributed by atoms with E-state index < -0.39 is 6.09 Å². The number of halogens is 1. The van der Waals surface area contributed by atoms with Crippen molar-refractivity contribution in [1.82, 2.24) is 10.4 Å². The molecular weight excluding hydrogens is 515 g/mol. The number of amides is 1. The first-order valence-corrected chi connectivity index (χ1v) is 12.0. The van der Waals surface area contributed by atoms with Crippen LogP contribution in [0.5, 0.6) is 0 Å². The topological polar surface area (TPSA) is 58.6 Å². The molecule has 0 aliphatic rings. The van der Waals surface area contributed by atoms with Crippen molar-refractivity contribution in [1.29, 1.82) is 0 Å². The van der Waals surface area contributed by atoms with Crippen molar-refractivity contribution in [2.45, 2.75) is 18.4 Å². The minimum atomic E-state index is -0.578. The molecule has 0 saturated carbocycles. The first-order chi connectivity index (χ1) is 15.7. The average molecular weight is 542 g/mol. The Hall–Kier alpha value is -2.71. The van der Waals surface area contributed by atoms with Gasteiger partial charge in [-0.05, 0) is 23.1 Å². The van der Waals surface area contributed by atoms with Gasteiger partial charge in [-0.25, -0.2) is 15.2 Å². The number of carbonyl (C=O) groups is 2. The van der Waals surface area contributed by atoms with E-state index in [2.05, 4.69) is 52.3 Å². The van der Waals surface area contributed by atoms with Crippen LogP contribution in [0.3, 0.4) is 0 Å². The minimum absolute atomic E-state index is 0.0997. The highest BCUT2D eigenvalue weighted by Gasteiger charge is 2.34. The molecule has 0 bridgehead atoms. The normalized spacial score (nSPS) is 11.0. The summed E-state index contributed by atoms with van der Waals surface area (Å²) in [7, 11) is 0. The van der Waals surface area contributed by atoms with Crippen LogP contribution < -0.4 is 5.43 Å². The van der Waals surface area contributed by atoms with E-state index in [1.165, 1.54) is 5.01 Å². The highest BCUT2D eigenvalue weighted by atomic mass is 127. The molecule has 0 spiro atoms. The number of carbonyl (C=O) groups excluding carboxylic acids is 2. The lowest BCUT2D eigenvalue weighted by molar-refractivity contribution is -0.109. The van der Waals surface area contributed by atoms with Gasteiger partial charge in [0.1, 0.15) is 12.9 Å². The van der Waals surface area contributed by atoms with Crippen LogP contribution in [-0.2, 0) is 21.6 Å². The molecule has 0 aliphatic carbocycles. The zero-order chi connectivity index (χ0) is 22.7. The molecule has 0 fully saturated rings. The average Bonchev–Trinajstić information content (AvgIpc) is 2.86. The smallest absolute Gasteiger partial charge is 0.424 e. The van der Waals surface area contributed by atoms with Gasteiger partial charge in [-0.1, -0.05) is 114 Å². The Kier molecular flexibility index (Phi) is 9.25. The highest BCUT2D eigenvalue weighted by molar-refractivity contribution is 14.1. The third-order valence-electron chi connectivity index (χ3n) is 5.43. The molecule has 32 heavy (non-hydrogen) atoms. The van der Waals surface area contributed by atoms with Crippen LogP contribution in [-0.4, -0.2) is 34.9 Å². The first kappa shape index (κ1) is 23.9. The number of rotatable bonds is 11. The van der Waals surface area contributed by atoms with Gasteiger partial charge < -0.3 is 9.53 Å². The van der Waals surface area contributed by atoms with Gasteiger partial charge in [0.05, 0.1) is 6.54 Å². The molecule has 6 heteroatoms. The monoisotopic (exact) mass is 542 g/mol. The molecule has 1 N–H and O–H groups in total. The van der Waals surface area contributed by atoms with Gasteiger partial charge in [0.2, 0.25) is 0 Å². The number of hydrazine groups is 1. The van der Waals surface area contributed by atoms with Crippen molar-refractivity contribution < 1.29 is 14.3 Å². The van der Waals surface area contributed by atoms with E-state index in [9.17, 15) is 9.59 Å². The van der Waals surface area contributed by atoms with E-state index >= 15 is 0 Å². The summed E-state index contributed by atoms with van der Waals surface area (Å²) in [6, 6.07) is 30.0. The van der Waals surface area contributed by atoms with Crippen LogP contribution in [0.25, 0.3) is 0 Å². The largest absolute Gasteiger partial charge is 0.444 e. The number of nitrogens with zero attached hydrogens (tertiary/aromatic N) is 1. The summed E-state index contributed by atoms with van der Waals surface area (Å²) < 4.78 is 6.37. The number of benzene rings is 3. The third-order valence-corrected chi connectivity index (χ3v) is 5.97. The van der Waals surface area contributed by atoms with Gasteiger partial charge >= 0.3 is 6.09 Å². The zero-order valence-corrected chi connectivity index (χ0v) is 20.0. The fourth-order valence-corrected chi connectivity index (χ4v) is 4.65. The van der Waals surface area contributed by atoms with Crippen LogP contribution in [0.4, 0.5) is 4.79 Å². The summed E-state index contributed by atoms with van der Waals surface area (Å²) in [5.41, 5.74) is 6.03. The fourth-order valence-electron chi connectivity index (χ4n) is 3.73. The van der Waals surface area contributed by atoms with Crippen molar-refractivity contribution >= 4 is 35.0 Å². The number of ether oxygens (including phenoxy) is 1. The summed E-state index contributed by atoms with van der Waals surface area (Å²) in [4.78, 5) is 24.0. The Morgan fingerprint density at radius 2 is 1.44 bits per heavy atom. The SMILES string of the molecule is O=CCN(NCC(CCI)(c1ccccc1)c1ccccc1)C(=O)OCc1ccccc1. The van der Waals surface area contributed by atoms with Gasteiger partial charge in [-0.2, -0.15) is 0 Å². The molecule has 0 unspecified atom stereocenters. The van der Waals surface area contributed by atoms with Crippen molar-refractivity contribution in [2.75, 3.05) is 17.5 Å². The maximum absolute atomic E-state index is 12.7. The van der Waals surface area contributed by atoms with E-state index in [4.69, 9.17) is 4.74 Å². The molecule has 0 aromatic heterocycles. The van der Waals surface area contributed by atoms with Crippen molar-refractivity contribution in [2.24, 2.45) is 0 Å². The van der Waals surface area contributed by atoms with Crippen molar-refractivity contribution in [3.8, 4) is 0 Å². The molecule has 1 amide bonds. The van der Waals surface area contributed by atoms with Crippen LogP contribution in [0.15, 0.2) is 91.0 Å². The number of hydrogen-bond acceptors (Lipinski definition) is 4. The predicted octanol–water partition coefficient (Wildman–Crippen LogP) is 5.14. The molecule has 0 atom stereocenters. The lowest BCUT2D eigenvalue weighted by Crippen LogP contribution is -2.50. The lowest BCUT2D eigenvalue weighted by atomic mass is 9.72. The third kappa shape index (κ3) is 6.17. The maximum atomic E-state index is 12.7. The zero-order valence-electron chi connectivity index (χ0n) is 17.8. The second kappa shape index (κ2) is 12.4. The van der Waals surface area contributed by atoms with E-state index in [1.54, 1.807) is 0 Å². The van der Waals surface area contributed by atoms with E-state index in [0.29, 0.717) is 12.8 Å². The Balaban J connectivity index is 1.82. The lowest BCUT2D eigenvalue weighted by Gasteiger charge is -2.37. The molecule has 0 radical (unpaired) electrons. The van der Waals surface area contributed by atoms with E-state index in [-0.39, 0.29) is 18.6 Å². The highest BCUT2D eigenvalue weighted by Crippen LogP contribution is 2.36. The van der Waals surface area contributed by atoms with Gasteiger partial charge in [-0.15, -0.1) is 0 Å². The maximum Gasteiger partial charge on any atom is 0.424 e. The van der Waals surface area contributed by atoms with Gasteiger partial charge in [0, 0.05) is 16.4 Å². The Bertz CT molecular complexity index is 929. The molecule has 5 nitrogen and oxygen atoms in total. The Labute approximate surface area is 202 Å². The summed E-state index contributed by atoms with van der Waals surface area (Å²) >= 11 is 2.38. The molecular formula is C26H27IN2O3. The van der Waals surface area contributed by atoms with Crippen molar-refractivity contribution in [3.05, 3.63) is 108 Å².